The fourth-order valence-electron chi connectivity index (χ4n) is 2.00. The van der Waals surface area contributed by atoms with Crippen molar-refractivity contribution < 1.29 is 18.8 Å². The largest absolute Gasteiger partial charge is 0.525 e. The van der Waals surface area contributed by atoms with Crippen molar-refractivity contribution in [2.24, 2.45) is 0 Å². The van der Waals surface area contributed by atoms with E-state index in [0.29, 0.717) is 11.1 Å². The molecule has 0 aromatic heterocycles. The maximum atomic E-state index is 14.6. The van der Waals surface area contributed by atoms with Crippen molar-refractivity contribution >= 4 is 12.7 Å². The highest BCUT2D eigenvalue weighted by molar-refractivity contribution is 6.55. The molecule has 1 saturated heterocycles. The minimum Gasteiger partial charge on any atom is -0.508 e. The highest BCUT2D eigenvalue weighted by Gasteiger charge is 2.53. The number of phenols is 1. The van der Waals surface area contributed by atoms with Crippen LogP contribution in [0.1, 0.15) is 40.2 Å². The Morgan fingerprint density at radius 2 is 1.70 bits per heavy atom. The van der Waals surface area contributed by atoms with Crippen molar-refractivity contribution in [3.8, 4) is 5.75 Å². The Bertz CT molecular complexity index is 536. The Morgan fingerprint density at radius 3 is 2.20 bits per heavy atom. The molecule has 1 N–H and O–H groups in total. The SMILES string of the molecule is CC(=C(F)B1OC(C)(C)C(C)(C)O1)c1cccc(O)c1. The van der Waals surface area contributed by atoms with Crippen LogP contribution in [0.25, 0.3) is 5.57 Å². The molecule has 108 valence electrons. The number of hydrogen-bond donors (Lipinski definition) is 1. The first-order valence-corrected chi connectivity index (χ1v) is 6.65. The molecule has 0 spiro atoms. The lowest BCUT2D eigenvalue weighted by atomic mass is 9.83. The van der Waals surface area contributed by atoms with E-state index in [2.05, 4.69) is 0 Å². The Labute approximate surface area is 119 Å². The molecule has 0 amide bonds. The van der Waals surface area contributed by atoms with Crippen molar-refractivity contribution in [1.82, 2.24) is 0 Å². The molecule has 1 aliphatic heterocycles. The summed E-state index contributed by atoms with van der Waals surface area (Å²) < 4.78 is 25.9. The summed E-state index contributed by atoms with van der Waals surface area (Å²) in [5.41, 5.74) is -0.603. The number of aromatic hydroxyl groups is 1. The first kappa shape index (κ1) is 15.1. The molecule has 0 radical (unpaired) electrons. The maximum absolute atomic E-state index is 14.6. The third kappa shape index (κ3) is 2.60. The van der Waals surface area contributed by atoms with Crippen molar-refractivity contribution in [3.05, 3.63) is 35.6 Å². The smallest absolute Gasteiger partial charge is 0.508 e. The first-order chi connectivity index (χ1) is 9.14. The molecule has 1 heterocycles. The van der Waals surface area contributed by atoms with Gasteiger partial charge < -0.3 is 14.4 Å². The molecule has 0 unspecified atom stereocenters. The van der Waals surface area contributed by atoms with Crippen LogP contribution in [-0.2, 0) is 9.31 Å². The zero-order valence-corrected chi connectivity index (χ0v) is 12.5. The minimum absolute atomic E-state index is 0.101. The monoisotopic (exact) mass is 278 g/mol. The average Bonchev–Trinajstić information content (AvgIpc) is 2.56. The van der Waals surface area contributed by atoms with Gasteiger partial charge in [0, 0.05) is 0 Å². The van der Waals surface area contributed by atoms with Gasteiger partial charge in [0.2, 0.25) is 0 Å². The summed E-state index contributed by atoms with van der Waals surface area (Å²) in [5, 5.41) is 9.47. The molecule has 0 saturated carbocycles. The molecule has 0 aliphatic carbocycles. The predicted molar refractivity (Wildman–Crippen MR) is 77.9 cm³/mol. The van der Waals surface area contributed by atoms with Gasteiger partial charge in [0.15, 0.2) is 0 Å². The molecule has 20 heavy (non-hydrogen) atoms. The Kier molecular flexibility index (Phi) is 3.69. The molecule has 1 aliphatic rings. The topological polar surface area (TPSA) is 38.7 Å². The van der Waals surface area contributed by atoms with Gasteiger partial charge in [-0.2, -0.15) is 0 Å². The van der Waals surface area contributed by atoms with Crippen LogP contribution in [0.15, 0.2) is 30.0 Å². The van der Waals surface area contributed by atoms with Crippen LogP contribution < -0.4 is 0 Å². The van der Waals surface area contributed by atoms with Crippen LogP contribution in [0.3, 0.4) is 0 Å². The predicted octanol–water partition coefficient (Wildman–Crippen LogP) is 3.72. The van der Waals surface area contributed by atoms with Crippen LogP contribution in [0.5, 0.6) is 5.75 Å². The van der Waals surface area contributed by atoms with Crippen LogP contribution in [0, 0.1) is 0 Å². The van der Waals surface area contributed by atoms with Gasteiger partial charge in [-0.05, 0) is 57.9 Å². The van der Waals surface area contributed by atoms with Crippen LogP contribution in [0.4, 0.5) is 4.39 Å². The summed E-state index contributed by atoms with van der Waals surface area (Å²) in [4.78, 5) is 0. The lowest BCUT2D eigenvalue weighted by Crippen LogP contribution is -2.41. The molecule has 0 bridgehead atoms. The van der Waals surface area contributed by atoms with Gasteiger partial charge in [-0.25, -0.2) is 4.39 Å². The number of benzene rings is 1. The molecule has 1 fully saturated rings. The molecule has 0 atom stereocenters. The highest BCUT2D eigenvalue weighted by Crippen LogP contribution is 2.40. The van der Waals surface area contributed by atoms with E-state index in [0.717, 1.165) is 0 Å². The van der Waals surface area contributed by atoms with Crippen molar-refractivity contribution in [2.45, 2.75) is 45.8 Å². The number of rotatable bonds is 2. The molecular weight excluding hydrogens is 258 g/mol. The van der Waals surface area contributed by atoms with Gasteiger partial charge in [-0.3, -0.25) is 0 Å². The minimum atomic E-state index is -1.01. The maximum Gasteiger partial charge on any atom is 0.525 e. The number of phenolic OH excluding ortho intramolecular Hbond substituents is 1. The first-order valence-electron chi connectivity index (χ1n) is 6.65. The van der Waals surface area contributed by atoms with Gasteiger partial charge in [0.25, 0.3) is 0 Å². The highest BCUT2D eigenvalue weighted by atomic mass is 19.1. The van der Waals surface area contributed by atoms with Gasteiger partial charge in [-0.15, -0.1) is 0 Å². The zero-order chi connectivity index (χ0) is 15.1. The van der Waals surface area contributed by atoms with E-state index in [1.54, 1.807) is 25.1 Å². The summed E-state index contributed by atoms with van der Waals surface area (Å²) in [6, 6.07) is 6.47. The Hall–Kier alpha value is -1.33. The second-order valence-electron chi connectivity index (χ2n) is 6.11. The summed E-state index contributed by atoms with van der Waals surface area (Å²) in [6.45, 7) is 9.16. The molecular formula is C15H20BFO3. The fraction of sp³-hybridized carbons (Fsp3) is 0.467. The molecule has 1 aromatic carbocycles. The third-order valence-corrected chi connectivity index (χ3v) is 4.10. The van der Waals surface area contributed by atoms with Crippen molar-refractivity contribution in [1.29, 1.82) is 0 Å². The van der Waals surface area contributed by atoms with E-state index in [-0.39, 0.29) is 5.75 Å². The second kappa shape index (κ2) is 4.90. The van der Waals surface area contributed by atoms with Crippen LogP contribution in [-0.4, -0.2) is 23.4 Å². The zero-order valence-electron chi connectivity index (χ0n) is 12.5. The normalized spacial score (nSPS) is 21.8. The molecule has 3 nitrogen and oxygen atoms in total. The van der Waals surface area contributed by atoms with Crippen molar-refractivity contribution in [2.75, 3.05) is 0 Å². The standard InChI is InChI=1S/C15H20BFO3/c1-10(11-7-6-8-12(18)9-11)13(17)16-19-14(2,3)15(4,5)20-16/h6-9,18H,1-5H3. The lowest BCUT2D eigenvalue weighted by molar-refractivity contribution is 0.00578. The van der Waals surface area contributed by atoms with Gasteiger partial charge in [0.05, 0.1) is 11.2 Å². The molecule has 1 aromatic rings. The number of allylic oxidation sites excluding steroid dienone is 1. The number of halogens is 1. The molecule has 2 rings (SSSR count). The summed E-state index contributed by atoms with van der Waals surface area (Å²) in [5.74, 6) is 0.101. The summed E-state index contributed by atoms with van der Waals surface area (Å²) in [6.07, 6.45) is 0. The average molecular weight is 278 g/mol. The quantitative estimate of drug-likeness (QED) is 0.838. The van der Waals surface area contributed by atoms with Gasteiger partial charge >= 0.3 is 7.12 Å². The van der Waals surface area contributed by atoms with E-state index in [1.165, 1.54) is 6.07 Å². The lowest BCUT2D eigenvalue weighted by Gasteiger charge is -2.32. The number of hydrogen-bond acceptors (Lipinski definition) is 3. The van der Waals surface area contributed by atoms with E-state index in [4.69, 9.17) is 9.31 Å². The Morgan fingerprint density at radius 1 is 1.15 bits per heavy atom. The Balaban J connectivity index is 2.32. The summed E-state index contributed by atoms with van der Waals surface area (Å²) >= 11 is 0. The van der Waals surface area contributed by atoms with E-state index >= 15 is 0 Å². The van der Waals surface area contributed by atoms with E-state index < -0.39 is 24.0 Å². The fourth-order valence-corrected chi connectivity index (χ4v) is 2.00. The van der Waals surface area contributed by atoms with Crippen LogP contribution in [0.2, 0.25) is 0 Å². The van der Waals surface area contributed by atoms with Crippen molar-refractivity contribution in [3.63, 3.8) is 0 Å². The summed E-state index contributed by atoms with van der Waals surface area (Å²) in [7, 11) is -1.01. The van der Waals surface area contributed by atoms with E-state index in [9.17, 15) is 9.50 Å². The van der Waals surface area contributed by atoms with Gasteiger partial charge in [0.1, 0.15) is 11.5 Å². The van der Waals surface area contributed by atoms with Crippen LogP contribution >= 0.6 is 0 Å². The third-order valence-electron chi connectivity index (χ3n) is 4.10. The second-order valence-corrected chi connectivity index (χ2v) is 6.11. The van der Waals surface area contributed by atoms with Gasteiger partial charge in [-0.1, -0.05) is 12.1 Å². The van der Waals surface area contributed by atoms with E-state index in [1.807, 2.05) is 27.7 Å². The molecule has 5 heteroatoms.